The number of nitrogens with zero attached hydrogens (tertiary/aromatic N) is 5. The Morgan fingerprint density at radius 3 is 2.41 bits per heavy atom. The zero-order valence-corrected chi connectivity index (χ0v) is 20.4. The number of fused-ring (bicyclic) bond motifs is 1. The van der Waals surface area contributed by atoms with Crippen molar-refractivity contribution in [3.8, 4) is 0 Å². The molecule has 4 aromatic rings. The number of rotatable bonds is 6. The summed E-state index contributed by atoms with van der Waals surface area (Å²) in [4.78, 5) is 26.2. The molecule has 1 aliphatic heterocycles. The van der Waals surface area contributed by atoms with Crippen LogP contribution in [0.25, 0.3) is 11.0 Å². The molecule has 1 aliphatic rings. The van der Waals surface area contributed by atoms with Crippen molar-refractivity contribution < 1.29 is 13.2 Å². The summed E-state index contributed by atoms with van der Waals surface area (Å²) in [5.74, 6) is 0.301. The number of hydrogen-bond donors (Lipinski definition) is 1. The van der Waals surface area contributed by atoms with E-state index in [1.807, 2.05) is 24.3 Å². The molecule has 0 aliphatic carbocycles. The number of hydrogen-bond acceptors (Lipinski definition) is 6. The summed E-state index contributed by atoms with van der Waals surface area (Å²) in [5, 5.41) is 3.79. The zero-order chi connectivity index (χ0) is 26.0. The third-order valence-electron chi connectivity index (χ3n) is 6.64. The van der Waals surface area contributed by atoms with Crippen molar-refractivity contribution in [1.29, 1.82) is 0 Å². The number of aryl methyl sites for hydroxylation is 2. The molecule has 0 bridgehead atoms. The van der Waals surface area contributed by atoms with Gasteiger partial charge in [0, 0.05) is 61.7 Å². The van der Waals surface area contributed by atoms with E-state index in [2.05, 4.69) is 32.1 Å². The molecule has 0 radical (unpaired) electrons. The summed E-state index contributed by atoms with van der Waals surface area (Å²) in [6, 6.07) is 16.4. The minimum absolute atomic E-state index is 0.0369. The Hall–Kier alpha value is -3.92. The van der Waals surface area contributed by atoms with E-state index in [4.69, 9.17) is 0 Å². The molecule has 1 fully saturated rings. The average Bonchev–Trinajstić information content (AvgIpc) is 2.89. The van der Waals surface area contributed by atoms with Crippen molar-refractivity contribution in [2.24, 2.45) is 0 Å². The predicted molar refractivity (Wildman–Crippen MR) is 138 cm³/mol. The third kappa shape index (κ3) is 5.59. The molecule has 5 rings (SSSR count). The normalized spacial score (nSPS) is 14.8. The topological polar surface area (TPSA) is 66.3 Å². The lowest BCUT2D eigenvalue weighted by Gasteiger charge is -2.34. The Morgan fingerprint density at radius 1 is 0.946 bits per heavy atom. The third-order valence-corrected chi connectivity index (χ3v) is 6.64. The Morgan fingerprint density at radius 2 is 1.68 bits per heavy atom. The maximum atomic E-state index is 13.4. The lowest BCUT2D eigenvalue weighted by Crippen LogP contribution is -2.44. The Kier molecular flexibility index (Phi) is 6.84. The Labute approximate surface area is 212 Å². The monoisotopic (exact) mass is 508 g/mol. The van der Waals surface area contributed by atoms with Crippen molar-refractivity contribution >= 4 is 28.4 Å². The predicted octanol–water partition coefficient (Wildman–Crippen LogP) is 4.55. The van der Waals surface area contributed by atoms with Gasteiger partial charge in [0.2, 0.25) is 5.95 Å². The number of benzene rings is 2. The van der Waals surface area contributed by atoms with E-state index < -0.39 is 11.7 Å². The second-order valence-electron chi connectivity index (χ2n) is 9.16. The Balaban J connectivity index is 1.36. The van der Waals surface area contributed by atoms with Gasteiger partial charge in [-0.3, -0.25) is 9.36 Å². The van der Waals surface area contributed by atoms with Gasteiger partial charge in [-0.1, -0.05) is 18.2 Å². The van der Waals surface area contributed by atoms with E-state index in [1.54, 1.807) is 18.3 Å². The van der Waals surface area contributed by atoms with Gasteiger partial charge in [-0.05, 0) is 55.4 Å². The highest BCUT2D eigenvalue weighted by atomic mass is 19.4. The summed E-state index contributed by atoms with van der Waals surface area (Å²) in [6.45, 7) is 4.05. The van der Waals surface area contributed by atoms with Crippen LogP contribution in [0.5, 0.6) is 0 Å². The fourth-order valence-corrected chi connectivity index (χ4v) is 4.54. The van der Waals surface area contributed by atoms with Gasteiger partial charge in [0.15, 0.2) is 0 Å². The fourth-order valence-electron chi connectivity index (χ4n) is 4.54. The number of pyridine rings is 1. The van der Waals surface area contributed by atoms with E-state index in [1.165, 1.54) is 22.8 Å². The smallest absolute Gasteiger partial charge is 0.369 e. The first kappa shape index (κ1) is 24.8. The minimum Gasteiger partial charge on any atom is -0.369 e. The quantitative estimate of drug-likeness (QED) is 0.412. The van der Waals surface area contributed by atoms with E-state index in [0.717, 1.165) is 43.6 Å². The molecular weight excluding hydrogens is 481 g/mol. The Bertz CT molecular complexity index is 1440. The van der Waals surface area contributed by atoms with Crippen LogP contribution in [0.2, 0.25) is 0 Å². The van der Waals surface area contributed by atoms with Crippen LogP contribution in [-0.4, -0.2) is 52.7 Å². The van der Waals surface area contributed by atoms with Gasteiger partial charge in [-0.15, -0.1) is 0 Å². The molecule has 10 heteroatoms. The van der Waals surface area contributed by atoms with Crippen LogP contribution in [0.4, 0.5) is 30.5 Å². The van der Waals surface area contributed by atoms with Gasteiger partial charge >= 0.3 is 6.18 Å². The maximum absolute atomic E-state index is 13.4. The molecule has 0 saturated carbocycles. The largest absolute Gasteiger partial charge is 0.416 e. The average molecular weight is 509 g/mol. The van der Waals surface area contributed by atoms with Crippen LogP contribution in [0.3, 0.4) is 0 Å². The lowest BCUT2D eigenvalue weighted by atomic mass is 10.0. The van der Waals surface area contributed by atoms with Gasteiger partial charge in [0.1, 0.15) is 5.65 Å². The van der Waals surface area contributed by atoms with Crippen molar-refractivity contribution in [2.45, 2.75) is 19.1 Å². The SMILES string of the molecule is CN1CCN(c2ccc(Nc3ncc4ccc(=O)n(CCc5ccccc5C(F)(F)F)c4n3)cc2)CC1. The lowest BCUT2D eigenvalue weighted by molar-refractivity contribution is -0.138. The highest BCUT2D eigenvalue weighted by Crippen LogP contribution is 2.32. The standard InChI is InChI=1S/C27H27F3N6O/c1-34-14-16-35(17-15-34)22-9-7-21(8-10-22)32-26-31-18-20-6-11-24(37)36(25(20)33-26)13-12-19-4-2-3-5-23(19)27(28,29)30/h2-11,18H,12-17H2,1H3,(H,31,32,33). The number of alkyl halides is 3. The second-order valence-corrected chi connectivity index (χ2v) is 9.16. The van der Waals surface area contributed by atoms with Gasteiger partial charge in [0.25, 0.3) is 5.56 Å². The van der Waals surface area contributed by atoms with E-state index in [0.29, 0.717) is 17.0 Å². The molecule has 2 aromatic carbocycles. The van der Waals surface area contributed by atoms with Gasteiger partial charge < -0.3 is 15.1 Å². The zero-order valence-electron chi connectivity index (χ0n) is 20.4. The summed E-state index contributed by atoms with van der Waals surface area (Å²) < 4.78 is 41.6. The van der Waals surface area contributed by atoms with Gasteiger partial charge in [-0.25, -0.2) is 4.98 Å². The van der Waals surface area contributed by atoms with Crippen LogP contribution in [-0.2, 0) is 19.1 Å². The van der Waals surface area contributed by atoms with Crippen LogP contribution in [0.15, 0.2) is 71.7 Å². The molecule has 1 N–H and O–H groups in total. The number of piperazine rings is 1. The first-order valence-corrected chi connectivity index (χ1v) is 12.1. The molecule has 0 amide bonds. The van der Waals surface area contributed by atoms with Crippen LogP contribution in [0, 0.1) is 0 Å². The maximum Gasteiger partial charge on any atom is 0.416 e. The highest BCUT2D eigenvalue weighted by molar-refractivity contribution is 5.75. The molecule has 192 valence electrons. The number of likely N-dealkylation sites (N-methyl/N-ethyl adjacent to an activating group) is 1. The van der Waals surface area contributed by atoms with Gasteiger partial charge in [0.05, 0.1) is 5.56 Å². The van der Waals surface area contributed by atoms with E-state index >= 15 is 0 Å². The molecule has 0 spiro atoms. The molecule has 7 nitrogen and oxygen atoms in total. The van der Waals surface area contributed by atoms with E-state index in [9.17, 15) is 18.0 Å². The van der Waals surface area contributed by atoms with Crippen molar-refractivity contribution in [3.05, 3.63) is 88.3 Å². The van der Waals surface area contributed by atoms with Crippen LogP contribution in [0.1, 0.15) is 11.1 Å². The molecule has 3 heterocycles. The molecule has 37 heavy (non-hydrogen) atoms. The number of aromatic nitrogens is 3. The molecular formula is C27H27F3N6O. The molecule has 0 unspecified atom stereocenters. The van der Waals surface area contributed by atoms with Crippen LogP contribution < -0.4 is 15.8 Å². The first-order chi connectivity index (χ1) is 17.8. The van der Waals surface area contributed by atoms with Crippen molar-refractivity contribution in [2.75, 3.05) is 43.4 Å². The van der Waals surface area contributed by atoms with Crippen molar-refractivity contribution in [3.63, 3.8) is 0 Å². The van der Waals surface area contributed by atoms with Gasteiger partial charge in [-0.2, -0.15) is 18.2 Å². The first-order valence-electron chi connectivity index (χ1n) is 12.1. The highest BCUT2D eigenvalue weighted by Gasteiger charge is 2.32. The molecule has 1 saturated heterocycles. The summed E-state index contributed by atoms with van der Waals surface area (Å²) in [5.41, 5.74) is 1.40. The minimum atomic E-state index is -4.46. The number of anilines is 3. The second kappa shape index (κ2) is 10.2. The van der Waals surface area contributed by atoms with Crippen LogP contribution >= 0.6 is 0 Å². The van der Waals surface area contributed by atoms with Crippen molar-refractivity contribution in [1.82, 2.24) is 19.4 Å². The number of nitrogens with one attached hydrogen (secondary N) is 1. The summed E-state index contributed by atoms with van der Waals surface area (Å²) in [6.07, 6.45) is -2.82. The van der Waals surface area contributed by atoms with E-state index in [-0.39, 0.29) is 24.1 Å². The summed E-state index contributed by atoms with van der Waals surface area (Å²) >= 11 is 0. The summed E-state index contributed by atoms with van der Waals surface area (Å²) in [7, 11) is 2.12. The number of halogens is 3. The molecule has 0 atom stereocenters. The molecule has 2 aromatic heterocycles. The fraction of sp³-hybridized carbons (Fsp3) is 0.296.